The van der Waals surface area contributed by atoms with Crippen LogP contribution in [0.5, 0.6) is 5.88 Å². The molecule has 0 aliphatic heterocycles. The summed E-state index contributed by atoms with van der Waals surface area (Å²) >= 11 is 0. The Hall–Kier alpha value is -1.13. The van der Waals surface area contributed by atoms with Crippen LogP contribution in [0.4, 0.5) is 0 Å². The largest absolute Gasteiger partial charge is 0.474 e. The first-order valence-electron chi connectivity index (χ1n) is 7.00. The molecule has 0 bridgehead atoms. The Morgan fingerprint density at radius 3 is 2.74 bits per heavy atom. The molecule has 0 spiro atoms. The van der Waals surface area contributed by atoms with Crippen molar-refractivity contribution in [3.8, 4) is 5.88 Å². The lowest BCUT2D eigenvalue weighted by Crippen LogP contribution is -2.30. The first kappa shape index (κ1) is 14.3. The van der Waals surface area contributed by atoms with Gasteiger partial charge >= 0.3 is 0 Å². The summed E-state index contributed by atoms with van der Waals surface area (Å²) in [5.41, 5.74) is 8.97. The van der Waals surface area contributed by atoms with Crippen LogP contribution in [0.1, 0.15) is 42.5 Å². The van der Waals surface area contributed by atoms with Gasteiger partial charge in [0, 0.05) is 31.3 Å². The molecule has 1 heterocycles. The van der Waals surface area contributed by atoms with Crippen molar-refractivity contribution >= 4 is 0 Å². The van der Waals surface area contributed by atoms with Crippen molar-refractivity contribution in [3.63, 3.8) is 0 Å². The summed E-state index contributed by atoms with van der Waals surface area (Å²) in [6.07, 6.45) is 4.78. The van der Waals surface area contributed by atoms with E-state index in [0.717, 1.165) is 42.5 Å². The lowest BCUT2D eigenvalue weighted by Gasteiger charge is -2.29. The van der Waals surface area contributed by atoms with E-state index >= 15 is 0 Å². The quantitative estimate of drug-likeness (QED) is 0.907. The predicted molar refractivity (Wildman–Crippen MR) is 75.3 cm³/mol. The topological polar surface area (TPSA) is 57.4 Å². The average molecular weight is 264 g/mol. The second-order valence-corrected chi connectivity index (χ2v) is 5.33. The fourth-order valence-corrected chi connectivity index (χ4v) is 2.76. The summed E-state index contributed by atoms with van der Waals surface area (Å²) in [6.45, 7) is 4.51. The summed E-state index contributed by atoms with van der Waals surface area (Å²) in [5.74, 6) is 0.710. The fraction of sp³-hybridized carbons (Fsp3) is 0.667. The Morgan fingerprint density at radius 1 is 1.32 bits per heavy atom. The van der Waals surface area contributed by atoms with Crippen molar-refractivity contribution in [1.82, 2.24) is 4.98 Å². The number of nitrogens with zero attached hydrogens (tertiary/aromatic N) is 1. The van der Waals surface area contributed by atoms with E-state index in [1.807, 2.05) is 13.0 Å². The molecule has 106 valence electrons. The second-order valence-electron chi connectivity index (χ2n) is 5.33. The highest BCUT2D eigenvalue weighted by Crippen LogP contribution is 2.27. The minimum Gasteiger partial charge on any atom is -0.474 e. The summed E-state index contributed by atoms with van der Waals surface area (Å²) in [7, 11) is 1.77. The van der Waals surface area contributed by atoms with Crippen molar-refractivity contribution in [1.29, 1.82) is 0 Å². The molecule has 0 radical (unpaired) electrons. The number of rotatable bonds is 4. The van der Waals surface area contributed by atoms with Crippen LogP contribution < -0.4 is 10.5 Å². The van der Waals surface area contributed by atoms with Crippen molar-refractivity contribution < 1.29 is 9.47 Å². The molecule has 1 aliphatic carbocycles. The standard InChI is InChI=1S/C15H24N2O2/c1-10-7-11(2)17-15(14(10)9-16)19-13-6-4-5-12(8-13)18-3/h7,12-13H,4-6,8-9,16H2,1-3H3. The maximum absolute atomic E-state index is 6.10. The van der Waals surface area contributed by atoms with Crippen LogP contribution in [0, 0.1) is 13.8 Å². The molecule has 19 heavy (non-hydrogen) atoms. The number of methoxy groups -OCH3 is 1. The highest BCUT2D eigenvalue weighted by molar-refractivity contribution is 5.35. The maximum Gasteiger partial charge on any atom is 0.218 e. The molecule has 1 aromatic heterocycles. The molecular formula is C15H24N2O2. The van der Waals surface area contributed by atoms with Crippen LogP contribution in [-0.2, 0) is 11.3 Å². The smallest absolute Gasteiger partial charge is 0.218 e. The van der Waals surface area contributed by atoms with Crippen LogP contribution in [0.25, 0.3) is 0 Å². The SMILES string of the molecule is COC1CCCC(Oc2nc(C)cc(C)c2CN)C1. The van der Waals surface area contributed by atoms with Gasteiger partial charge in [-0.05, 0) is 44.7 Å². The van der Waals surface area contributed by atoms with Gasteiger partial charge < -0.3 is 15.2 Å². The number of aryl methyl sites for hydroxylation is 2. The van der Waals surface area contributed by atoms with E-state index in [4.69, 9.17) is 15.2 Å². The highest BCUT2D eigenvalue weighted by Gasteiger charge is 2.24. The van der Waals surface area contributed by atoms with Gasteiger partial charge in [0.2, 0.25) is 5.88 Å². The van der Waals surface area contributed by atoms with Crippen molar-refractivity contribution in [2.45, 2.75) is 58.3 Å². The van der Waals surface area contributed by atoms with Crippen molar-refractivity contribution in [3.05, 3.63) is 22.9 Å². The molecule has 0 amide bonds. The van der Waals surface area contributed by atoms with E-state index in [2.05, 4.69) is 11.9 Å². The number of aromatic nitrogens is 1. The van der Waals surface area contributed by atoms with E-state index in [1.54, 1.807) is 7.11 Å². The maximum atomic E-state index is 6.10. The lowest BCUT2D eigenvalue weighted by molar-refractivity contribution is 0.0191. The molecule has 1 aliphatic rings. The zero-order valence-electron chi connectivity index (χ0n) is 12.1. The third kappa shape index (κ3) is 3.45. The highest BCUT2D eigenvalue weighted by atomic mass is 16.5. The predicted octanol–water partition coefficient (Wildman–Crippen LogP) is 2.49. The van der Waals surface area contributed by atoms with Crippen LogP contribution in [-0.4, -0.2) is 24.3 Å². The molecule has 2 N–H and O–H groups in total. The second kappa shape index (κ2) is 6.35. The zero-order chi connectivity index (χ0) is 13.8. The van der Waals surface area contributed by atoms with Gasteiger partial charge in [-0.25, -0.2) is 4.98 Å². The molecule has 2 rings (SSSR count). The summed E-state index contributed by atoms with van der Waals surface area (Å²) in [6, 6.07) is 2.05. The molecule has 2 unspecified atom stereocenters. The number of pyridine rings is 1. The summed E-state index contributed by atoms with van der Waals surface area (Å²) in [4.78, 5) is 4.51. The van der Waals surface area contributed by atoms with Crippen LogP contribution in [0.3, 0.4) is 0 Å². The molecule has 1 fully saturated rings. The monoisotopic (exact) mass is 264 g/mol. The molecule has 0 aromatic carbocycles. The first-order chi connectivity index (χ1) is 9.13. The lowest BCUT2D eigenvalue weighted by atomic mass is 9.95. The first-order valence-corrected chi connectivity index (χ1v) is 7.00. The summed E-state index contributed by atoms with van der Waals surface area (Å²) < 4.78 is 11.5. The third-order valence-corrected chi connectivity index (χ3v) is 3.83. The Balaban J connectivity index is 2.14. The number of ether oxygens (including phenoxy) is 2. The van der Waals surface area contributed by atoms with E-state index in [9.17, 15) is 0 Å². The number of hydrogen-bond donors (Lipinski definition) is 1. The normalized spacial score (nSPS) is 23.4. The Morgan fingerprint density at radius 2 is 2.05 bits per heavy atom. The third-order valence-electron chi connectivity index (χ3n) is 3.83. The van der Waals surface area contributed by atoms with Gasteiger partial charge in [0.15, 0.2) is 0 Å². The van der Waals surface area contributed by atoms with Crippen molar-refractivity contribution in [2.24, 2.45) is 5.73 Å². The van der Waals surface area contributed by atoms with Gasteiger partial charge in [0.1, 0.15) is 6.10 Å². The van der Waals surface area contributed by atoms with Crippen LogP contribution in [0.15, 0.2) is 6.07 Å². The number of nitrogens with two attached hydrogens (primary N) is 1. The van der Waals surface area contributed by atoms with Crippen molar-refractivity contribution in [2.75, 3.05) is 7.11 Å². The van der Waals surface area contributed by atoms with Gasteiger partial charge in [-0.2, -0.15) is 0 Å². The Kier molecular flexibility index (Phi) is 4.77. The van der Waals surface area contributed by atoms with E-state index < -0.39 is 0 Å². The minimum atomic E-state index is 0.192. The molecule has 4 nitrogen and oxygen atoms in total. The van der Waals surface area contributed by atoms with Gasteiger partial charge in [-0.3, -0.25) is 0 Å². The fourth-order valence-electron chi connectivity index (χ4n) is 2.76. The van der Waals surface area contributed by atoms with Crippen LogP contribution in [0.2, 0.25) is 0 Å². The molecule has 1 aromatic rings. The Bertz CT molecular complexity index is 434. The van der Waals surface area contributed by atoms with Gasteiger partial charge in [-0.15, -0.1) is 0 Å². The molecule has 2 atom stereocenters. The molecule has 1 saturated carbocycles. The van der Waals surface area contributed by atoms with Crippen LogP contribution >= 0.6 is 0 Å². The summed E-state index contributed by atoms with van der Waals surface area (Å²) in [5, 5.41) is 0. The van der Waals surface area contributed by atoms with E-state index in [1.165, 1.54) is 0 Å². The van der Waals surface area contributed by atoms with E-state index in [-0.39, 0.29) is 6.10 Å². The zero-order valence-corrected chi connectivity index (χ0v) is 12.1. The number of hydrogen-bond acceptors (Lipinski definition) is 4. The molecule has 4 heteroatoms. The minimum absolute atomic E-state index is 0.192. The van der Waals surface area contributed by atoms with Gasteiger partial charge in [-0.1, -0.05) is 0 Å². The van der Waals surface area contributed by atoms with E-state index in [0.29, 0.717) is 18.5 Å². The molecule has 0 saturated heterocycles. The van der Waals surface area contributed by atoms with Gasteiger partial charge in [0.05, 0.1) is 6.10 Å². The van der Waals surface area contributed by atoms with Gasteiger partial charge in [0.25, 0.3) is 0 Å². The average Bonchev–Trinajstić information content (AvgIpc) is 2.38. The Labute approximate surface area is 115 Å². The molecular weight excluding hydrogens is 240 g/mol.